The SMILES string of the molecule is COc1ccc(/C=C/c2nc3s/c(=C\c4cn(-c5ccccc5)nc4-c4cccc(S(=O)(=O)N5CCOCC5)c4)c(=O)n3n2)cc1OC. The van der Waals surface area contributed by atoms with E-state index in [4.69, 9.17) is 19.3 Å². The smallest absolute Gasteiger partial charge is 0.291 e. The molecule has 244 valence electrons. The van der Waals surface area contributed by atoms with Crippen molar-refractivity contribution in [2.75, 3.05) is 40.5 Å². The molecule has 1 saturated heterocycles. The minimum atomic E-state index is -3.74. The van der Waals surface area contributed by atoms with Crippen LogP contribution in [0.25, 0.3) is 40.1 Å². The predicted molar refractivity (Wildman–Crippen MR) is 183 cm³/mol. The molecule has 4 heterocycles. The second-order valence-corrected chi connectivity index (χ2v) is 13.7. The Morgan fingerprint density at radius 2 is 1.69 bits per heavy atom. The van der Waals surface area contributed by atoms with Crippen molar-refractivity contribution in [1.82, 2.24) is 28.7 Å². The van der Waals surface area contributed by atoms with Gasteiger partial charge in [-0.15, -0.1) is 5.10 Å². The van der Waals surface area contributed by atoms with Gasteiger partial charge >= 0.3 is 0 Å². The first-order valence-corrected chi connectivity index (χ1v) is 17.2. The van der Waals surface area contributed by atoms with E-state index in [1.165, 1.54) is 20.2 Å². The molecule has 3 aromatic heterocycles. The fourth-order valence-corrected chi connectivity index (χ4v) is 7.72. The van der Waals surface area contributed by atoms with Crippen LogP contribution >= 0.6 is 11.3 Å². The molecule has 3 aromatic carbocycles. The van der Waals surface area contributed by atoms with Crippen LogP contribution in [0, 0.1) is 0 Å². The highest BCUT2D eigenvalue weighted by Crippen LogP contribution is 2.29. The van der Waals surface area contributed by atoms with Gasteiger partial charge in [0.15, 0.2) is 17.3 Å². The quantitative estimate of drug-likeness (QED) is 0.224. The third-order valence-electron chi connectivity index (χ3n) is 7.80. The number of aromatic nitrogens is 5. The number of sulfonamides is 1. The maximum absolute atomic E-state index is 13.5. The van der Waals surface area contributed by atoms with Crippen LogP contribution in [0.2, 0.25) is 0 Å². The van der Waals surface area contributed by atoms with Crippen molar-refractivity contribution >= 4 is 44.5 Å². The molecule has 0 unspecified atom stereocenters. The second kappa shape index (κ2) is 13.2. The molecule has 7 rings (SSSR count). The monoisotopic (exact) mass is 682 g/mol. The molecule has 0 radical (unpaired) electrons. The van der Waals surface area contributed by atoms with Crippen LogP contribution in [0.4, 0.5) is 0 Å². The Morgan fingerprint density at radius 3 is 2.44 bits per heavy atom. The highest BCUT2D eigenvalue weighted by molar-refractivity contribution is 7.89. The zero-order valence-electron chi connectivity index (χ0n) is 26.0. The fourth-order valence-electron chi connectivity index (χ4n) is 5.36. The number of ether oxygens (including phenoxy) is 3. The van der Waals surface area contributed by atoms with Crippen LogP contribution in [0.15, 0.2) is 88.7 Å². The number of fused-ring (bicyclic) bond motifs is 1. The van der Waals surface area contributed by atoms with Crippen LogP contribution in [0.5, 0.6) is 11.5 Å². The lowest BCUT2D eigenvalue weighted by Gasteiger charge is -2.26. The Kier molecular flexibility index (Phi) is 8.62. The summed E-state index contributed by atoms with van der Waals surface area (Å²) in [6, 6.07) is 21.8. The van der Waals surface area contributed by atoms with Crippen molar-refractivity contribution in [1.29, 1.82) is 0 Å². The van der Waals surface area contributed by atoms with E-state index in [0.29, 0.717) is 69.9 Å². The Morgan fingerprint density at radius 1 is 0.896 bits per heavy atom. The van der Waals surface area contributed by atoms with Crippen molar-refractivity contribution in [3.63, 3.8) is 0 Å². The Balaban J connectivity index is 1.26. The summed E-state index contributed by atoms with van der Waals surface area (Å²) in [5, 5.41) is 9.26. The summed E-state index contributed by atoms with van der Waals surface area (Å²) in [6.07, 6.45) is 7.12. The molecule has 6 aromatic rings. The number of para-hydroxylation sites is 1. The number of thiazole rings is 1. The molecule has 0 spiro atoms. The molecule has 14 heteroatoms. The normalized spacial score (nSPS) is 14.7. The summed E-state index contributed by atoms with van der Waals surface area (Å²) in [5.74, 6) is 1.61. The van der Waals surface area contributed by atoms with Gasteiger partial charge in [-0.05, 0) is 54.1 Å². The van der Waals surface area contributed by atoms with E-state index in [1.807, 2.05) is 66.9 Å². The second-order valence-electron chi connectivity index (χ2n) is 10.8. The van der Waals surface area contributed by atoms with Gasteiger partial charge in [-0.1, -0.05) is 53.8 Å². The van der Waals surface area contributed by atoms with Crippen molar-refractivity contribution < 1.29 is 22.6 Å². The molecular weight excluding hydrogens is 653 g/mol. The van der Waals surface area contributed by atoms with E-state index in [1.54, 1.807) is 49.3 Å². The van der Waals surface area contributed by atoms with E-state index in [2.05, 4.69) is 10.1 Å². The van der Waals surface area contributed by atoms with Gasteiger partial charge in [0.25, 0.3) is 5.56 Å². The lowest BCUT2D eigenvalue weighted by atomic mass is 10.1. The van der Waals surface area contributed by atoms with Gasteiger partial charge in [0.1, 0.15) is 5.69 Å². The molecule has 0 amide bonds. The molecule has 1 aliphatic rings. The fraction of sp³-hybridized carbons (Fsp3) is 0.176. The van der Waals surface area contributed by atoms with E-state index < -0.39 is 10.0 Å². The molecule has 0 aliphatic carbocycles. The average molecular weight is 683 g/mol. The molecule has 1 fully saturated rings. The Hall–Kier alpha value is -5.15. The van der Waals surface area contributed by atoms with Gasteiger partial charge in [0.05, 0.1) is 42.5 Å². The number of hydrogen-bond donors (Lipinski definition) is 0. The number of nitrogens with zero attached hydrogens (tertiary/aromatic N) is 6. The van der Waals surface area contributed by atoms with Crippen LogP contribution < -0.4 is 19.6 Å². The van der Waals surface area contributed by atoms with E-state index >= 15 is 0 Å². The average Bonchev–Trinajstić information content (AvgIpc) is 3.82. The van der Waals surface area contributed by atoms with Crippen molar-refractivity contribution in [2.24, 2.45) is 0 Å². The first kappa shape index (κ1) is 31.4. The lowest BCUT2D eigenvalue weighted by Crippen LogP contribution is -2.40. The van der Waals surface area contributed by atoms with Gasteiger partial charge in [-0.3, -0.25) is 4.79 Å². The number of methoxy groups -OCH3 is 2. The number of benzene rings is 3. The van der Waals surface area contributed by atoms with Crippen LogP contribution in [0.3, 0.4) is 0 Å². The van der Waals surface area contributed by atoms with Crippen LogP contribution in [-0.4, -0.2) is 77.6 Å². The lowest BCUT2D eigenvalue weighted by molar-refractivity contribution is 0.0730. The summed E-state index contributed by atoms with van der Waals surface area (Å²) < 4.78 is 47.8. The largest absolute Gasteiger partial charge is 0.493 e. The standard InChI is InChI=1S/C34H30N6O6S2/c1-44-28-13-11-23(19-29(28)45-2)12-14-31-35-34-40(36-31)33(41)30(47-34)21-25-22-39(26-8-4-3-5-9-26)37-32(25)24-7-6-10-27(20-24)48(42,43)38-15-17-46-18-16-38/h3-14,19-22H,15-18H2,1-2H3/b14-12+,30-21-. The van der Waals surface area contributed by atoms with Crippen LogP contribution in [0.1, 0.15) is 17.0 Å². The van der Waals surface area contributed by atoms with Gasteiger partial charge in [-0.2, -0.15) is 18.9 Å². The minimum absolute atomic E-state index is 0.166. The van der Waals surface area contributed by atoms with Gasteiger partial charge in [-0.25, -0.2) is 13.1 Å². The summed E-state index contributed by atoms with van der Waals surface area (Å²) in [5.41, 5.74) is 3.10. The molecule has 0 N–H and O–H groups in total. The highest BCUT2D eigenvalue weighted by Gasteiger charge is 2.27. The third kappa shape index (κ3) is 6.13. The van der Waals surface area contributed by atoms with Crippen molar-refractivity contribution in [3.8, 4) is 28.4 Å². The molecule has 0 bridgehead atoms. The zero-order chi connectivity index (χ0) is 33.3. The number of rotatable bonds is 9. The van der Waals surface area contributed by atoms with Crippen molar-refractivity contribution in [3.05, 3.63) is 111 Å². The summed E-state index contributed by atoms with van der Waals surface area (Å²) in [6.45, 7) is 1.29. The Labute approximate surface area is 279 Å². The molecule has 48 heavy (non-hydrogen) atoms. The summed E-state index contributed by atoms with van der Waals surface area (Å²) in [4.78, 5) is 18.7. The molecule has 12 nitrogen and oxygen atoms in total. The molecular formula is C34H30N6O6S2. The minimum Gasteiger partial charge on any atom is -0.493 e. The molecule has 0 atom stereocenters. The maximum Gasteiger partial charge on any atom is 0.291 e. The topological polar surface area (TPSA) is 130 Å². The van der Waals surface area contributed by atoms with Gasteiger partial charge < -0.3 is 14.2 Å². The zero-order valence-corrected chi connectivity index (χ0v) is 27.6. The van der Waals surface area contributed by atoms with Gasteiger partial charge in [0, 0.05) is 30.4 Å². The Bertz CT molecular complexity index is 2360. The van der Waals surface area contributed by atoms with E-state index in [0.717, 1.165) is 11.3 Å². The summed E-state index contributed by atoms with van der Waals surface area (Å²) >= 11 is 1.21. The van der Waals surface area contributed by atoms with Crippen LogP contribution in [-0.2, 0) is 14.8 Å². The maximum atomic E-state index is 13.5. The third-order valence-corrected chi connectivity index (χ3v) is 10.6. The van der Waals surface area contributed by atoms with Crippen molar-refractivity contribution in [2.45, 2.75) is 4.90 Å². The highest BCUT2D eigenvalue weighted by atomic mass is 32.2. The van der Waals surface area contributed by atoms with Gasteiger partial charge in [0.2, 0.25) is 15.0 Å². The first-order valence-electron chi connectivity index (χ1n) is 15.0. The van der Waals surface area contributed by atoms with E-state index in [-0.39, 0.29) is 10.5 Å². The molecule has 1 aliphatic heterocycles. The summed E-state index contributed by atoms with van der Waals surface area (Å²) in [7, 11) is -0.584. The number of hydrogen-bond acceptors (Lipinski definition) is 10. The predicted octanol–water partition coefficient (Wildman–Crippen LogP) is 3.76. The number of morpholine rings is 1. The van der Waals surface area contributed by atoms with E-state index in [9.17, 15) is 13.2 Å². The molecule has 0 saturated carbocycles. The first-order chi connectivity index (χ1) is 23.3.